The van der Waals surface area contributed by atoms with E-state index in [2.05, 4.69) is 10.2 Å². The summed E-state index contributed by atoms with van der Waals surface area (Å²) < 4.78 is 26.2. The summed E-state index contributed by atoms with van der Waals surface area (Å²) in [6.07, 6.45) is 1.57. The number of aromatic amines is 1. The number of fused-ring (bicyclic) bond motifs is 1. The number of rotatable bonds is 2. The second-order valence-corrected chi connectivity index (χ2v) is 6.02. The van der Waals surface area contributed by atoms with Gasteiger partial charge in [-0.1, -0.05) is 12.1 Å². The SMILES string of the molecule is O=C1CCN(S(=O)(=O)c2ccn[nH]2)c2ccccc21. The van der Waals surface area contributed by atoms with Gasteiger partial charge in [0.1, 0.15) is 0 Å². The van der Waals surface area contributed by atoms with Crippen LogP contribution in [0.3, 0.4) is 0 Å². The minimum absolute atomic E-state index is 0.0247. The maximum atomic E-state index is 12.5. The van der Waals surface area contributed by atoms with Crippen molar-refractivity contribution < 1.29 is 13.2 Å². The number of hydrogen-bond donors (Lipinski definition) is 1. The van der Waals surface area contributed by atoms with Crippen molar-refractivity contribution in [1.29, 1.82) is 0 Å². The van der Waals surface area contributed by atoms with Gasteiger partial charge in [0.25, 0.3) is 10.0 Å². The van der Waals surface area contributed by atoms with E-state index >= 15 is 0 Å². The minimum atomic E-state index is -3.69. The number of nitrogens with one attached hydrogen (secondary N) is 1. The number of carbonyl (C=O) groups is 1. The molecule has 0 unspecified atom stereocenters. The zero-order chi connectivity index (χ0) is 13.5. The van der Waals surface area contributed by atoms with Crippen molar-refractivity contribution in [3.8, 4) is 0 Å². The van der Waals surface area contributed by atoms with Gasteiger partial charge in [0.05, 0.1) is 11.9 Å². The van der Waals surface area contributed by atoms with Crippen LogP contribution in [0, 0.1) is 0 Å². The number of hydrogen-bond acceptors (Lipinski definition) is 4. The van der Waals surface area contributed by atoms with Crippen molar-refractivity contribution in [2.45, 2.75) is 11.4 Å². The highest BCUT2D eigenvalue weighted by molar-refractivity contribution is 7.92. The number of H-pyrrole nitrogens is 1. The van der Waals surface area contributed by atoms with Crippen molar-refractivity contribution in [2.75, 3.05) is 10.8 Å². The van der Waals surface area contributed by atoms with Gasteiger partial charge in [-0.25, -0.2) is 0 Å². The maximum Gasteiger partial charge on any atom is 0.281 e. The van der Waals surface area contributed by atoms with Gasteiger partial charge < -0.3 is 0 Å². The van der Waals surface area contributed by atoms with Crippen molar-refractivity contribution in [3.05, 3.63) is 42.1 Å². The van der Waals surface area contributed by atoms with E-state index in [4.69, 9.17) is 0 Å². The fourth-order valence-electron chi connectivity index (χ4n) is 2.14. The standard InChI is InChI=1S/C12H11N3O3S/c16-11-6-8-15(10-4-2-1-3-9(10)11)19(17,18)12-5-7-13-14-12/h1-5,7H,6,8H2,(H,13,14). The molecule has 0 bridgehead atoms. The van der Waals surface area contributed by atoms with Crippen LogP contribution in [0.1, 0.15) is 16.8 Å². The van der Waals surface area contributed by atoms with Crippen molar-refractivity contribution in [2.24, 2.45) is 0 Å². The Kier molecular flexibility index (Phi) is 2.63. The Bertz CT molecular complexity index is 722. The first-order chi connectivity index (χ1) is 9.10. The molecule has 98 valence electrons. The van der Waals surface area contributed by atoms with E-state index in [1.807, 2.05) is 0 Å². The summed E-state index contributed by atoms with van der Waals surface area (Å²) in [5, 5.41) is 6.13. The molecule has 19 heavy (non-hydrogen) atoms. The van der Waals surface area contributed by atoms with Gasteiger partial charge in [0.2, 0.25) is 0 Å². The Labute approximate surface area is 110 Å². The van der Waals surface area contributed by atoms with Crippen molar-refractivity contribution >= 4 is 21.5 Å². The molecule has 0 atom stereocenters. The lowest BCUT2D eigenvalue weighted by Gasteiger charge is -2.28. The molecular weight excluding hydrogens is 266 g/mol. The van der Waals surface area contributed by atoms with Crippen LogP contribution < -0.4 is 4.31 Å². The highest BCUT2D eigenvalue weighted by Crippen LogP contribution is 2.30. The van der Waals surface area contributed by atoms with E-state index in [1.54, 1.807) is 24.3 Å². The van der Waals surface area contributed by atoms with Crippen molar-refractivity contribution in [3.63, 3.8) is 0 Å². The molecule has 1 aromatic heterocycles. The molecule has 1 aliphatic heterocycles. The van der Waals surface area contributed by atoms with Crippen LogP contribution in [0.5, 0.6) is 0 Å². The summed E-state index contributed by atoms with van der Waals surface area (Å²) in [5.74, 6) is -0.0355. The van der Waals surface area contributed by atoms with E-state index in [-0.39, 0.29) is 23.8 Å². The lowest BCUT2D eigenvalue weighted by Crippen LogP contribution is -2.37. The molecule has 6 nitrogen and oxygen atoms in total. The summed E-state index contributed by atoms with van der Waals surface area (Å²) in [7, 11) is -3.69. The molecular formula is C12H11N3O3S. The first-order valence-corrected chi connectivity index (χ1v) is 7.19. The molecule has 1 aliphatic rings. The number of ketones is 1. The number of para-hydroxylation sites is 1. The highest BCUT2D eigenvalue weighted by atomic mass is 32.2. The zero-order valence-corrected chi connectivity index (χ0v) is 10.7. The maximum absolute atomic E-state index is 12.5. The average Bonchev–Trinajstić information content (AvgIpc) is 2.94. The number of carbonyl (C=O) groups excluding carboxylic acids is 1. The van der Waals surface area contributed by atoms with Gasteiger partial charge in [-0.05, 0) is 18.2 Å². The minimum Gasteiger partial charge on any atom is -0.294 e. The number of nitrogens with zero attached hydrogens (tertiary/aromatic N) is 2. The lowest BCUT2D eigenvalue weighted by molar-refractivity contribution is 0.0982. The quantitative estimate of drug-likeness (QED) is 0.893. The van der Waals surface area contributed by atoms with Gasteiger partial charge in [0, 0.05) is 18.5 Å². The highest BCUT2D eigenvalue weighted by Gasteiger charge is 2.32. The Balaban J connectivity index is 2.14. The van der Waals surface area contributed by atoms with Crippen molar-refractivity contribution in [1.82, 2.24) is 10.2 Å². The third-order valence-electron chi connectivity index (χ3n) is 3.06. The number of sulfonamides is 1. The first kappa shape index (κ1) is 11.9. The molecule has 0 aliphatic carbocycles. The molecule has 0 fully saturated rings. The van der Waals surface area contributed by atoms with Crippen LogP contribution in [0.15, 0.2) is 41.6 Å². The number of Topliss-reactive ketones (excluding diaryl/α,β-unsaturated/α-hetero) is 1. The number of aromatic nitrogens is 2. The molecule has 0 amide bonds. The fourth-order valence-corrected chi connectivity index (χ4v) is 3.53. The average molecular weight is 277 g/mol. The largest absolute Gasteiger partial charge is 0.294 e. The van der Waals surface area contributed by atoms with Gasteiger partial charge >= 0.3 is 0 Å². The normalized spacial score (nSPS) is 15.4. The summed E-state index contributed by atoms with van der Waals surface area (Å²) in [6.45, 7) is 0.150. The molecule has 2 aromatic rings. The van der Waals surface area contributed by atoms with Crippen LogP contribution in [0.2, 0.25) is 0 Å². The molecule has 1 aromatic carbocycles. The van der Waals surface area contributed by atoms with Crippen LogP contribution in [0.4, 0.5) is 5.69 Å². The zero-order valence-electron chi connectivity index (χ0n) is 9.91. The van der Waals surface area contributed by atoms with Crippen LogP contribution >= 0.6 is 0 Å². The van der Waals surface area contributed by atoms with E-state index < -0.39 is 10.0 Å². The van der Waals surface area contributed by atoms with Gasteiger partial charge in [-0.15, -0.1) is 0 Å². The molecule has 3 rings (SSSR count). The lowest BCUT2D eigenvalue weighted by atomic mass is 10.0. The number of benzene rings is 1. The molecule has 0 saturated carbocycles. The molecule has 7 heteroatoms. The van der Waals surface area contributed by atoms with Crippen LogP contribution in [0.25, 0.3) is 0 Å². The summed E-state index contributed by atoms with van der Waals surface area (Å²) >= 11 is 0. The molecule has 0 radical (unpaired) electrons. The molecule has 0 saturated heterocycles. The van der Waals surface area contributed by atoms with E-state index in [0.29, 0.717) is 11.3 Å². The Morgan fingerprint density at radius 2 is 2.00 bits per heavy atom. The Hall–Kier alpha value is -2.15. The van der Waals surface area contributed by atoms with E-state index in [9.17, 15) is 13.2 Å². The topological polar surface area (TPSA) is 83.1 Å². The third-order valence-corrected chi connectivity index (χ3v) is 4.80. The molecule has 0 spiro atoms. The Morgan fingerprint density at radius 1 is 1.21 bits per heavy atom. The number of anilines is 1. The second kappa shape index (κ2) is 4.20. The monoisotopic (exact) mass is 277 g/mol. The van der Waals surface area contributed by atoms with Crippen LogP contribution in [-0.4, -0.2) is 30.9 Å². The van der Waals surface area contributed by atoms with Gasteiger partial charge in [-0.2, -0.15) is 13.5 Å². The third kappa shape index (κ3) is 1.82. The second-order valence-electron chi connectivity index (χ2n) is 4.19. The fraction of sp³-hybridized carbons (Fsp3) is 0.167. The van der Waals surface area contributed by atoms with E-state index in [1.165, 1.54) is 16.6 Å². The summed E-state index contributed by atoms with van der Waals surface area (Å²) in [6, 6.07) is 8.12. The van der Waals surface area contributed by atoms with Crippen LogP contribution in [-0.2, 0) is 10.0 Å². The van der Waals surface area contributed by atoms with Gasteiger partial charge in [-0.3, -0.25) is 14.2 Å². The summed E-state index contributed by atoms with van der Waals surface area (Å²) in [5.41, 5.74) is 0.866. The van der Waals surface area contributed by atoms with Gasteiger partial charge in [0.15, 0.2) is 10.8 Å². The predicted octanol–water partition coefficient (Wildman–Crippen LogP) is 1.19. The van der Waals surface area contributed by atoms with E-state index in [0.717, 1.165) is 0 Å². The first-order valence-electron chi connectivity index (χ1n) is 5.75. The summed E-state index contributed by atoms with van der Waals surface area (Å²) in [4.78, 5) is 11.8. The molecule has 2 heterocycles. The smallest absolute Gasteiger partial charge is 0.281 e. The molecule has 1 N–H and O–H groups in total. The Morgan fingerprint density at radius 3 is 2.74 bits per heavy atom. The predicted molar refractivity (Wildman–Crippen MR) is 68.5 cm³/mol.